The summed E-state index contributed by atoms with van der Waals surface area (Å²) in [4.78, 5) is 21.6. The number of nitrogens with one attached hydrogen (secondary N) is 3. The minimum Gasteiger partial charge on any atom is -0.476 e. The molecule has 2 rings (SSSR count). The Labute approximate surface area is 114 Å². The van der Waals surface area contributed by atoms with E-state index in [2.05, 4.69) is 20.2 Å². The quantitative estimate of drug-likeness (QED) is 0.560. The van der Waals surface area contributed by atoms with Gasteiger partial charge in [-0.3, -0.25) is 9.89 Å². The fourth-order valence-corrected chi connectivity index (χ4v) is 3.60. The highest BCUT2D eigenvalue weighted by Gasteiger charge is 2.31. The van der Waals surface area contributed by atoms with E-state index < -0.39 is 27.7 Å². The molecule has 20 heavy (non-hydrogen) atoms. The molecule has 0 saturated carbocycles. The van der Waals surface area contributed by atoms with Crippen molar-refractivity contribution in [3.63, 3.8) is 0 Å². The number of aryl methyl sites for hydroxylation is 1. The van der Waals surface area contributed by atoms with Crippen LogP contribution >= 0.6 is 0 Å². The topological polar surface area (TPSA) is 141 Å². The van der Waals surface area contributed by atoms with Crippen molar-refractivity contribution in [2.24, 2.45) is 0 Å². The zero-order valence-electron chi connectivity index (χ0n) is 10.6. The smallest absolute Gasteiger partial charge is 0.357 e. The second-order valence-electron chi connectivity index (χ2n) is 4.49. The molecular formula is C10H14N4O5S. The number of hydrogen-bond donors (Lipinski definition) is 4. The molecule has 1 fully saturated rings. The third-order valence-corrected chi connectivity index (χ3v) is 4.63. The zero-order valence-corrected chi connectivity index (χ0v) is 11.5. The van der Waals surface area contributed by atoms with E-state index in [1.165, 1.54) is 6.92 Å². The van der Waals surface area contributed by atoms with Gasteiger partial charge in [-0.2, -0.15) is 5.10 Å². The lowest BCUT2D eigenvalue weighted by atomic mass is 10.1. The van der Waals surface area contributed by atoms with Crippen LogP contribution in [0.2, 0.25) is 0 Å². The molecule has 1 unspecified atom stereocenters. The third-order valence-electron chi connectivity index (χ3n) is 2.95. The monoisotopic (exact) mass is 302 g/mol. The summed E-state index contributed by atoms with van der Waals surface area (Å²) >= 11 is 0. The third kappa shape index (κ3) is 2.80. The number of hydrogen-bond acceptors (Lipinski definition) is 5. The first kappa shape index (κ1) is 14.5. The van der Waals surface area contributed by atoms with Crippen molar-refractivity contribution in [1.82, 2.24) is 20.2 Å². The second kappa shape index (κ2) is 5.21. The van der Waals surface area contributed by atoms with E-state index in [-0.39, 0.29) is 29.5 Å². The fraction of sp³-hybridized carbons (Fsp3) is 0.500. The van der Waals surface area contributed by atoms with Crippen molar-refractivity contribution in [3.8, 4) is 0 Å². The Balaban J connectivity index is 2.25. The summed E-state index contributed by atoms with van der Waals surface area (Å²) in [6.45, 7) is 1.61. The van der Waals surface area contributed by atoms with Gasteiger partial charge >= 0.3 is 5.97 Å². The minimum atomic E-state index is -4.02. The molecular weight excluding hydrogens is 288 g/mol. The summed E-state index contributed by atoms with van der Waals surface area (Å²) in [7, 11) is -4.02. The number of nitrogens with zero attached hydrogens (tertiary/aromatic N) is 1. The molecule has 1 saturated heterocycles. The molecule has 0 aliphatic carbocycles. The van der Waals surface area contributed by atoms with Crippen molar-refractivity contribution < 1.29 is 23.1 Å². The maximum absolute atomic E-state index is 12.2. The number of carbonyl (C=O) groups excluding carboxylic acids is 1. The van der Waals surface area contributed by atoms with Gasteiger partial charge in [0.05, 0.1) is 5.69 Å². The second-order valence-corrected chi connectivity index (χ2v) is 6.14. The molecule has 0 aromatic carbocycles. The number of aromatic nitrogens is 2. The molecule has 1 aliphatic rings. The van der Waals surface area contributed by atoms with E-state index in [9.17, 15) is 18.0 Å². The van der Waals surface area contributed by atoms with Gasteiger partial charge in [0.15, 0.2) is 5.69 Å². The molecule has 1 atom stereocenters. The van der Waals surface area contributed by atoms with Gasteiger partial charge in [0.1, 0.15) is 4.90 Å². The fourth-order valence-electron chi connectivity index (χ4n) is 2.00. The Morgan fingerprint density at radius 2 is 2.20 bits per heavy atom. The Morgan fingerprint density at radius 3 is 2.75 bits per heavy atom. The summed E-state index contributed by atoms with van der Waals surface area (Å²) in [5.74, 6) is -1.56. The summed E-state index contributed by atoms with van der Waals surface area (Å²) in [5.41, 5.74) is -0.399. The molecule has 1 amide bonds. The molecule has 0 bridgehead atoms. The number of sulfonamides is 1. The normalized spacial score (nSPS) is 19.6. The van der Waals surface area contributed by atoms with Gasteiger partial charge in [-0.15, -0.1) is 0 Å². The molecule has 2 heterocycles. The highest BCUT2D eigenvalue weighted by Crippen LogP contribution is 2.18. The maximum atomic E-state index is 12.2. The number of rotatable bonds is 4. The van der Waals surface area contributed by atoms with Crippen LogP contribution in [0, 0.1) is 6.92 Å². The highest BCUT2D eigenvalue weighted by atomic mass is 32.2. The predicted octanol–water partition coefficient (Wildman–Crippen LogP) is -1.03. The van der Waals surface area contributed by atoms with Crippen LogP contribution in [-0.4, -0.2) is 48.2 Å². The van der Waals surface area contributed by atoms with Crippen LogP contribution in [0.4, 0.5) is 0 Å². The van der Waals surface area contributed by atoms with Crippen LogP contribution in [0.15, 0.2) is 4.90 Å². The van der Waals surface area contributed by atoms with E-state index in [0.717, 1.165) is 0 Å². The lowest BCUT2D eigenvalue weighted by Gasteiger charge is -2.23. The van der Waals surface area contributed by atoms with E-state index in [1.54, 1.807) is 0 Å². The Morgan fingerprint density at radius 1 is 1.50 bits per heavy atom. The Hall–Kier alpha value is -1.94. The predicted molar refractivity (Wildman–Crippen MR) is 66.6 cm³/mol. The van der Waals surface area contributed by atoms with Gasteiger partial charge in [-0.25, -0.2) is 17.9 Å². The van der Waals surface area contributed by atoms with Crippen LogP contribution in [0.1, 0.15) is 29.0 Å². The van der Waals surface area contributed by atoms with Crippen molar-refractivity contribution in [3.05, 3.63) is 11.4 Å². The average molecular weight is 302 g/mol. The molecule has 9 nitrogen and oxygen atoms in total. The molecule has 0 spiro atoms. The Kier molecular flexibility index (Phi) is 3.77. The first-order chi connectivity index (χ1) is 9.31. The first-order valence-electron chi connectivity index (χ1n) is 5.88. The summed E-state index contributed by atoms with van der Waals surface area (Å²) in [5, 5.41) is 17.3. The van der Waals surface area contributed by atoms with E-state index in [1.807, 2.05) is 0 Å². The number of carboxylic acid groups (broad SMARTS) is 1. The highest BCUT2D eigenvalue weighted by molar-refractivity contribution is 7.89. The SMILES string of the molecule is Cc1[nH]nc(C(=O)O)c1S(=O)(=O)NC1CCC(=O)NC1. The number of carbonyl (C=O) groups is 2. The number of H-pyrrole nitrogens is 1. The van der Waals surface area contributed by atoms with Crippen LogP contribution in [0.5, 0.6) is 0 Å². The molecule has 1 aromatic heterocycles. The van der Waals surface area contributed by atoms with Crippen molar-refractivity contribution in [1.29, 1.82) is 0 Å². The summed E-state index contributed by atoms with van der Waals surface area (Å²) in [6.07, 6.45) is 0.591. The standard InChI is InChI=1S/C10H14N4O5S/c1-5-9(8(10(16)17)13-12-5)20(18,19)14-6-2-3-7(15)11-4-6/h6,14H,2-4H2,1H3,(H,11,15)(H,12,13)(H,16,17). The minimum absolute atomic E-state index is 0.133. The molecule has 4 N–H and O–H groups in total. The molecule has 1 aliphatic heterocycles. The van der Waals surface area contributed by atoms with Crippen LogP contribution in [0.3, 0.4) is 0 Å². The molecule has 110 valence electrons. The van der Waals surface area contributed by atoms with Crippen molar-refractivity contribution in [2.75, 3.05) is 6.54 Å². The zero-order chi connectivity index (χ0) is 14.9. The van der Waals surface area contributed by atoms with Crippen molar-refractivity contribution >= 4 is 21.9 Å². The van der Waals surface area contributed by atoms with Crippen LogP contribution in [0.25, 0.3) is 0 Å². The first-order valence-corrected chi connectivity index (χ1v) is 7.37. The van der Waals surface area contributed by atoms with Gasteiger partial charge in [0.2, 0.25) is 15.9 Å². The van der Waals surface area contributed by atoms with Gasteiger partial charge in [-0.05, 0) is 13.3 Å². The van der Waals surface area contributed by atoms with E-state index in [4.69, 9.17) is 5.11 Å². The maximum Gasteiger partial charge on any atom is 0.357 e. The van der Waals surface area contributed by atoms with Gasteiger partial charge in [0.25, 0.3) is 0 Å². The number of carboxylic acids is 1. The lowest BCUT2D eigenvalue weighted by Crippen LogP contribution is -2.47. The summed E-state index contributed by atoms with van der Waals surface area (Å²) < 4.78 is 26.9. The molecule has 10 heteroatoms. The molecule has 1 aromatic rings. The van der Waals surface area contributed by atoms with E-state index in [0.29, 0.717) is 6.42 Å². The number of aromatic carboxylic acids is 1. The van der Waals surface area contributed by atoms with Gasteiger partial charge in [-0.1, -0.05) is 0 Å². The van der Waals surface area contributed by atoms with Crippen molar-refractivity contribution in [2.45, 2.75) is 30.7 Å². The number of aromatic amines is 1. The summed E-state index contributed by atoms with van der Waals surface area (Å²) in [6, 6.07) is -0.464. The number of piperidine rings is 1. The lowest BCUT2D eigenvalue weighted by molar-refractivity contribution is -0.122. The van der Waals surface area contributed by atoms with Gasteiger partial charge < -0.3 is 10.4 Å². The van der Waals surface area contributed by atoms with Crippen LogP contribution < -0.4 is 10.0 Å². The average Bonchev–Trinajstić information content (AvgIpc) is 2.75. The largest absolute Gasteiger partial charge is 0.476 e. The van der Waals surface area contributed by atoms with Gasteiger partial charge in [0, 0.05) is 19.0 Å². The molecule has 0 radical (unpaired) electrons. The number of amides is 1. The van der Waals surface area contributed by atoms with E-state index >= 15 is 0 Å². The van der Waals surface area contributed by atoms with Crippen LogP contribution in [-0.2, 0) is 14.8 Å². The Bertz CT molecular complexity index is 641.